The number of thioether (sulfide) groups is 1. The Hall–Kier alpha value is -1.41. The van der Waals surface area contributed by atoms with Gasteiger partial charge >= 0.3 is 5.51 Å². The predicted octanol–water partition coefficient (Wildman–Crippen LogP) is 2.62. The summed E-state index contributed by atoms with van der Waals surface area (Å²) < 4.78 is 41.9. The summed E-state index contributed by atoms with van der Waals surface area (Å²) in [6.07, 6.45) is 0. The van der Waals surface area contributed by atoms with Crippen LogP contribution in [0.4, 0.5) is 13.2 Å². The van der Waals surface area contributed by atoms with Crippen molar-refractivity contribution in [2.24, 2.45) is 10.7 Å². The van der Waals surface area contributed by atoms with E-state index < -0.39 is 5.51 Å². The van der Waals surface area contributed by atoms with E-state index >= 15 is 0 Å². The maximum absolute atomic E-state index is 12.3. The number of halogens is 3. The molecule has 1 aliphatic heterocycles. The molecule has 2 rings (SSSR count). The zero-order valence-electron chi connectivity index (χ0n) is 11.4. The lowest BCUT2D eigenvalue weighted by Gasteiger charge is -2.26. The van der Waals surface area contributed by atoms with E-state index in [1.165, 1.54) is 12.1 Å². The van der Waals surface area contributed by atoms with E-state index in [4.69, 9.17) is 10.5 Å². The van der Waals surface area contributed by atoms with Crippen LogP contribution in [0.3, 0.4) is 0 Å². The number of rotatable bonds is 5. The van der Waals surface area contributed by atoms with Crippen molar-refractivity contribution in [3.63, 3.8) is 0 Å². The number of methoxy groups -OCH3 is 1. The molecule has 0 radical (unpaired) electrons. The van der Waals surface area contributed by atoms with Gasteiger partial charge in [0.25, 0.3) is 0 Å². The van der Waals surface area contributed by atoms with E-state index in [1.54, 1.807) is 19.2 Å². The Labute approximate surface area is 125 Å². The summed E-state index contributed by atoms with van der Waals surface area (Å²) in [7, 11) is 1.60. The number of benzene rings is 1. The molecule has 0 bridgehead atoms. The average Bonchev–Trinajstić information content (AvgIpc) is 2.77. The molecule has 1 aromatic rings. The molecule has 0 saturated carbocycles. The Morgan fingerprint density at radius 1 is 1.38 bits per heavy atom. The number of nitrogens with two attached hydrogens (primary N) is 1. The normalized spacial score (nSPS) is 19.0. The van der Waals surface area contributed by atoms with E-state index in [9.17, 15) is 13.2 Å². The maximum atomic E-state index is 12.3. The number of ether oxygens (including phenoxy) is 1. The van der Waals surface area contributed by atoms with Gasteiger partial charge in [-0.25, -0.2) is 0 Å². The smallest absolute Gasteiger partial charge is 0.383 e. The SMILES string of the molecule is COCCN1C(N)=NCC1c1ccc(SC(F)(F)F)cc1. The summed E-state index contributed by atoms with van der Waals surface area (Å²) in [6.45, 7) is 1.60. The second-order valence-corrected chi connectivity index (χ2v) is 5.66. The molecule has 2 N–H and O–H groups in total. The molecule has 21 heavy (non-hydrogen) atoms. The van der Waals surface area contributed by atoms with Gasteiger partial charge in [-0.1, -0.05) is 12.1 Å². The van der Waals surface area contributed by atoms with Crippen molar-refractivity contribution in [2.45, 2.75) is 16.4 Å². The fraction of sp³-hybridized carbons (Fsp3) is 0.462. The third-order valence-electron chi connectivity index (χ3n) is 3.13. The van der Waals surface area contributed by atoms with Gasteiger partial charge in [0.1, 0.15) is 0 Å². The lowest BCUT2D eigenvalue weighted by atomic mass is 10.1. The lowest BCUT2D eigenvalue weighted by Crippen LogP contribution is -2.38. The van der Waals surface area contributed by atoms with Crippen LogP contribution in [0.15, 0.2) is 34.2 Å². The van der Waals surface area contributed by atoms with Crippen molar-refractivity contribution in [1.29, 1.82) is 0 Å². The molecule has 4 nitrogen and oxygen atoms in total. The fourth-order valence-corrected chi connectivity index (χ4v) is 2.71. The second kappa shape index (κ2) is 6.57. The van der Waals surface area contributed by atoms with Crippen molar-refractivity contribution in [3.05, 3.63) is 29.8 Å². The van der Waals surface area contributed by atoms with Crippen LogP contribution < -0.4 is 5.73 Å². The zero-order chi connectivity index (χ0) is 15.5. The lowest BCUT2D eigenvalue weighted by molar-refractivity contribution is -0.0328. The first-order valence-corrected chi connectivity index (χ1v) is 7.13. The molecule has 0 aromatic heterocycles. The molecule has 0 spiro atoms. The van der Waals surface area contributed by atoms with Crippen LogP contribution in [-0.4, -0.2) is 43.2 Å². The molecular weight excluding hydrogens is 303 g/mol. The molecule has 0 fully saturated rings. The zero-order valence-corrected chi connectivity index (χ0v) is 12.2. The van der Waals surface area contributed by atoms with Crippen molar-refractivity contribution in [3.8, 4) is 0 Å². The first kappa shape index (κ1) is 16.0. The minimum Gasteiger partial charge on any atom is -0.383 e. The average molecular weight is 319 g/mol. The maximum Gasteiger partial charge on any atom is 0.446 e. The van der Waals surface area contributed by atoms with E-state index in [-0.39, 0.29) is 22.7 Å². The minimum absolute atomic E-state index is 0.0508. The number of hydrogen-bond acceptors (Lipinski definition) is 5. The molecule has 1 atom stereocenters. The Balaban J connectivity index is 2.07. The van der Waals surface area contributed by atoms with Gasteiger partial charge in [0, 0.05) is 18.6 Å². The Bertz CT molecular complexity index is 504. The topological polar surface area (TPSA) is 50.9 Å². The molecule has 0 amide bonds. The summed E-state index contributed by atoms with van der Waals surface area (Å²) in [4.78, 5) is 6.26. The van der Waals surface area contributed by atoms with Gasteiger partial charge in [0.2, 0.25) is 0 Å². The quantitative estimate of drug-likeness (QED) is 0.848. The third-order valence-corrected chi connectivity index (χ3v) is 3.87. The predicted molar refractivity (Wildman–Crippen MR) is 76.2 cm³/mol. The largest absolute Gasteiger partial charge is 0.446 e. The first-order chi connectivity index (χ1) is 9.90. The number of nitrogens with zero attached hydrogens (tertiary/aromatic N) is 2. The van der Waals surface area contributed by atoms with Crippen LogP contribution in [0, 0.1) is 0 Å². The van der Waals surface area contributed by atoms with E-state index in [1.807, 2.05) is 4.90 Å². The molecule has 8 heteroatoms. The monoisotopic (exact) mass is 319 g/mol. The van der Waals surface area contributed by atoms with Gasteiger partial charge in [0.15, 0.2) is 5.96 Å². The van der Waals surface area contributed by atoms with Gasteiger partial charge < -0.3 is 15.4 Å². The van der Waals surface area contributed by atoms with Crippen LogP contribution in [0.2, 0.25) is 0 Å². The summed E-state index contributed by atoms with van der Waals surface area (Å²) in [6, 6.07) is 6.26. The molecule has 1 aliphatic rings. The van der Waals surface area contributed by atoms with Gasteiger partial charge in [-0.2, -0.15) is 13.2 Å². The number of alkyl halides is 3. The minimum atomic E-state index is -4.27. The van der Waals surface area contributed by atoms with Gasteiger partial charge in [-0.15, -0.1) is 0 Å². The standard InChI is InChI=1S/C13H16F3N3OS/c1-20-7-6-19-11(8-18-12(19)17)9-2-4-10(5-3-9)21-13(14,15)16/h2-5,11H,6-8H2,1H3,(H2,17,18). The van der Waals surface area contributed by atoms with Crippen LogP contribution >= 0.6 is 11.8 Å². The highest BCUT2D eigenvalue weighted by molar-refractivity contribution is 8.00. The second-order valence-electron chi connectivity index (χ2n) is 4.52. The summed E-state index contributed by atoms with van der Waals surface area (Å²) in [5, 5.41) is 0. The van der Waals surface area contributed by atoms with Crippen molar-refractivity contribution >= 4 is 17.7 Å². The third kappa shape index (κ3) is 4.28. The molecule has 1 unspecified atom stereocenters. The molecule has 0 saturated heterocycles. The van der Waals surface area contributed by atoms with Crippen LogP contribution in [0.25, 0.3) is 0 Å². The van der Waals surface area contributed by atoms with Crippen molar-refractivity contribution in [1.82, 2.24) is 4.90 Å². The van der Waals surface area contributed by atoms with E-state index in [0.717, 1.165) is 5.56 Å². The van der Waals surface area contributed by atoms with Crippen LogP contribution in [0.1, 0.15) is 11.6 Å². The van der Waals surface area contributed by atoms with Gasteiger partial charge in [-0.3, -0.25) is 4.99 Å². The van der Waals surface area contributed by atoms with E-state index in [0.29, 0.717) is 25.7 Å². The first-order valence-electron chi connectivity index (χ1n) is 6.32. The highest BCUT2D eigenvalue weighted by Gasteiger charge is 2.30. The Morgan fingerprint density at radius 2 is 2.05 bits per heavy atom. The number of hydrogen-bond donors (Lipinski definition) is 1. The number of guanidine groups is 1. The molecule has 1 heterocycles. The Morgan fingerprint density at radius 3 is 2.62 bits per heavy atom. The summed E-state index contributed by atoms with van der Waals surface area (Å²) in [5.74, 6) is 0.436. The van der Waals surface area contributed by atoms with Gasteiger partial charge in [-0.05, 0) is 29.5 Å². The van der Waals surface area contributed by atoms with Crippen LogP contribution in [0.5, 0.6) is 0 Å². The Kier molecular flexibility index (Phi) is 5.00. The highest BCUT2D eigenvalue weighted by Crippen LogP contribution is 2.37. The summed E-state index contributed by atoms with van der Waals surface area (Å²) in [5.41, 5.74) is 2.45. The molecule has 1 aromatic carbocycles. The number of aliphatic imine (C=N–C) groups is 1. The highest BCUT2D eigenvalue weighted by atomic mass is 32.2. The molecule has 116 valence electrons. The fourth-order valence-electron chi connectivity index (χ4n) is 2.17. The van der Waals surface area contributed by atoms with Crippen molar-refractivity contribution in [2.75, 3.05) is 26.8 Å². The van der Waals surface area contributed by atoms with Crippen LogP contribution in [-0.2, 0) is 4.74 Å². The van der Waals surface area contributed by atoms with Gasteiger partial charge in [0.05, 0.1) is 19.2 Å². The summed E-state index contributed by atoms with van der Waals surface area (Å²) >= 11 is -0.120. The molecule has 0 aliphatic carbocycles. The van der Waals surface area contributed by atoms with E-state index in [2.05, 4.69) is 4.99 Å². The molecular formula is C13H16F3N3OS. The van der Waals surface area contributed by atoms with Crippen molar-refractivity contribution < 1.29 is 17.9 Å².